The van der Waals surface area contributed by atoms with Crippen LogP contribution in [0, 0.1) is 5.92 Å². The molecule has 1 unspecified atom stereocenters. The van der Waals surface area contributed by atoms with Crippen molar-refractivity contribution in [3.8, 4) is 0 Å². The Hall–Kier alpha value is -2.68. The Bertz CT molecular complexity index is 1080. The number of aromatic nitrogens is 1. The maximum Gasteiger partial charge on any atom is 0.433 e. The van der Waals surface area contributed by atoms with Crippen LogP contribution in [0.2, 0.25) is 0 Å². The fraction of sp³-hybridized carbons (Fsp3) is 0.593. The molecule has 2 fully saturated rings. The van der Waals surface area contributed by atoms with Gasteiger partial charge in [-0.15, -0.1) is 0 Å². The molecule has 1 aromatic heterocycles. The Kier molecular flexibility index (Phi) is 7.59. The minimum absolute atomic E-state index is 0.00463. The maximum absolute atomic E-state index is 13.0. The average Bonchev–Trinajstić information content (AvgIpc) is 2.84. The summed E-state index contributed by atoms with van der Waals surface area (Å²) in [5.74, 6) is 0.916. The first kappa shape index (κ1) is 26.4. The van der Waals surface area contributed by atoms with Crippen LogP contribution in [0.5, 0.6) is 0 Å². The number of nitrogens with zero attached hydrogens (tertiary/aromatic N) is 3. The minimum atomic E-state index is -4.53. The number of hydrogen-bond donors (Lipinski definition) is 0. The second kappa shape index (κ2) is 10.4. The molecule has 3 heterocycles. The lowest BCUT2D eigenvalue weighted by Gasteiger charge is -2.50. The molecule has 36 heavy (non-hydrogen) atoms. The molecule has 2 aliphatic heterocycles. The van der Waals surface area contributed by atoms with Gasteiger partial charge in [0, 0.05) is 44.3 Å². The van der Waals surface area contributed by atoms with E-state index in [1.165, 1.54) is 24.1 Å². The van der Waals surface area contributed by atoms with E-state index in [2.05, 4.69) is 30.7 Å². The lowest BCUT2D eigenvalue weighted by Crippen LogP contribution is -2.60. The van der Waals surface area contributed by atoms with Crippen LogP contribution in [-0.4, -0.2) is 64.8 Å². The van der Waals surface area contributed by atoms with Crippen LogP contribution in [0.3, 0.4) is 0 Å². The molecule has 0 aromatic carbocycles. The van der Waals surface area contributed by atoms with Crippen LogP contribution in [0.25, 0.3) is 0 Å². The van der Waals surface area contributed by atoms with Gasteiger partial charge in [-0.25, -0.2) is 0 Å². The number of hydrogen-bond acceptors (Lipinski definition) is 5. The Balaban J connectivity index is 1.49. The highest BCUT2D eigenvalue weighted by atomic mass is 19.4. The molecule has 0 bridgehead atoms. The van der Waals surface area contributed by atoms with Gasteiger partial charge in [0.2, 0.25) is 0 Å². The minimum Gasteiger partial charge on any atom is -0.490 e. The molecule has 196 valence electrons. The predicted molar refractivity (Wildman–Crippen MR) is 129 cm³/mol. The number of piperidine rings is 1. The number of fused-ring (bicyclic) bond motifs is 1. The van der Waals surface area contributed by atoms with Gasteiger partial charge in [-0.1, -0.05) is 6.92 Å². The zero-order chi connectivity index (χ0) is 26.2. The van der Waals surface area contributed by atoms with Crippen molar-refractivity contribution in [2.45, 2.75) is 71.6 Å². The molecule has 0 radical (unpaired) electrons. The van der Waals surface area contributed by atoms with E-state index in [1.807, 2.05) is 0 Å². The summed E-state index contributed by atoms with van der Waals surface area (Å²) in [5, 5.41) is 0. The topological polar surface area (TPSA) is 62.7 Å². The van der Waals surface area contributed by atoms with Crippen molar-refractivity contribution in [3.05, 3.63) is 52.1 Å². The summed E-state index contributed by atoms with van der Waals surface area (Å²) in [6.45, 7) is 9.83. The fourth-order valence-corrected chi connectivity index (χ4v) is 5.91. The summed E-state index contributed by atoms with van der Waals surface area (Å²) in [5.41, 5.74) is 2.94. The van der Waals surface area contributed by atoms with Crippen molar-refractivity contribution in [1.29, 1.82) is 0 Å². The zero-order valence-electron chi connectivity index (χ0n) is 21.3. The van der Waals surface area contributed by atoms with Crippen molar-refractivity contribution >= 4 is 11.7 Å². The summed E-state index contributed by atoms with van der Waals surface area (Å²) in [6, 6.07) is 2.57. The van der Waals surface area contributed by atoms with Crippen molar-refractivity contribution in [1.82, 2.24) is 14.8 Å². The lowest BCUT2D eigenvalue weighted by molar-refractivity contribution is -0.141. The van der Waals surface area contributed by atoms with Crippen molar-refractivity contribution < 1.29 is 27.5 Å². The maximum atomic E-state index is 13.0. The van der Waals surface area contributed by atoms with Crippen LogP contribution < -0.4 is 0 Å². The molecule has 4 rings (SSSR count). The first-order valence-corrected chi connectivity index (χ1v) is 12.6. The molecule has 1 aromatic rings. The Morgan fingerprint density at radius 2 is 1.89 bits per heavy atom. The molecule has 1 amide bonds. The molecule has 9 heteroatoms. The third-order valence-electron chi connectivity index (χ3n) is 7.78. The third-order valence-corrected chi connectivity index (χ3v) is 7.78. The Labute approximate surface area is 210 Å². The van der Waals surface area contributed by atoms with E-state index < -0.39 is 11.9 Å². The highest BCUT2D eigenvalue weighted by molar-refractivity contribution is 5.94. The van der Waals surface area contributed by atoms with Gasteiger partial charge in [0.05, 0.1) is 5.56 Å². The number of rotatable bonds is 5. The highest BCUT2D eigenvalue weighted by Crippen LogP contribution is 2.42. The second-order valence-electron chi connectivity index (χ2n) is 10.2. The van der Waals surface area contributed by atoms with Crippen LogP contribution in [0.15, 0.2) is 40.8 Å². The number of carbonyl (C=O) groups excluding carboxylic acids is 2. The van der Waals surface area contributed by atoms with Crippen LogP contribution >= 0.6 is 0 Å². The number of carbonyl (C=O) groups is 2. The van der Waals surface area contributed by atoms with E-state index in [9.17, 15) is 22.8 Å². The lowest BCUT2D eigenvalue weighted by atomic mass is 9.76. The van der Waals surface area contributed by atoms with E-state index >= 15 is 0 Å². The molecule has 2 saturated heterocycles. The molecule has 6 nitrogen and oxygen atoms in total. The van der Waals surface area contributed by atoms with Gasteiger partial charge in [0.25, 0.3) is 5.91 Å². The van der Waals surface area contributed by atoms with Gasteiger partial charge in [-0.05, 0) is 74.8 Å². The number of ether oxygens (including phenoxy) is 1. The second-order valence-corrected chi connectivity index (χ2v) is 10.2. The summed E-state index contributed by atoms with van der Waals surface area (Å²) in [7, 11) is 0. The number of pyridine rings is 1. The van der Waals surface area contributed by atoms with Crippen molar-refractivity contribution in [3.63, 3.8) is 0 Å². The van der Waals surface area contributed by atoms with Gasteiger partial charge in [0.1, 0.15) is 18.1 Å². The van der Waals surface area contributed by atoms with E-state index in [0.29, 0.717) is 13.1 Å². The van der Waals surface area contributed by atoms with E-state index in [4.69, 9.17) is 4.74 Å². The number of ketones is 1. The highest BCUT2D eigenvalue weighted by Gasteiger charge is 2.41. The molecule has 3 atom stereocenters. The molecule has 3 aliphatic rings. The molecule has 0 spiro atoms. The van der Waals surface area contributed by atoms with E-state index in [0.717, 1.165) is 55.8 Å². The van der Waals surface area contributed by atoms with E-state index in [1.54, 1.807) is 4.90 Å². The zero-order valence-corrected chi connectivity index (χ0v) is 21.3. The van der Waals surface area contributed by atoms with Crippen LogP contribution in [0.4, 0.5) is 13.2 Å². The van der Waals surface area contributed by atoms with Crippen molar-refractivity contribution in [2.75, 3.05) is 26.2 Å². The number of allylic oxidation sites excluding steroid dienone is 3. The SMILES string of the molecule is CC(=O)COC1=C(C)C(C)=C([C@H]2CCC[C@H]3CN(C(=O)c4ccc(C(F)(F)F)nc4)CCN32)C(C)C1. The van der Waals surface area contributed by atoms with Crippen molar-refractivity contribution in [2.24, 2.45) is 5.92 Å². The Morgan fingerprint density at radius 1 is 1.14 bits per heavy atom. The quantitative estimate of drug-likeness (QED) is 0.563. The largest absolute Gasteiger partial charge is 0.490 e. The van der Waals surface area contributed by atoms with Gasteiger partial charge in [0.15, 0.2) is 5.78 Å². The van der Waals surface area contributed by atoms with Gasteiger partial charge in [-0.2, -0.15) is 13.2 Å². The molecule has 0 N–H and O–H groups in total. The third kappa shape index (κ3) is 5.36. The number of alkyl halides is 3. The standard InChI is InChI=1S/C27H34F3N3O3/c1-16-12-23(36-15-17(2)34)18(3)19(4)25(16)22-7-5-6-21-14-32(10-11-33(21)22)26(35)20-8-9-24(31-13-20)27(28,29)30/h8-9,13,16,21-22H,5-7,10-12,14-15H2,1-4H3/t16?,21-,22+/m0/s1. The van der Waals surface area contributed by atoms with Gasteiger partial charge >= 0.3 is 6.18 Å². The predicted octanol–water partition coefficient (Wildman–Crippen LogP) is 5.02. The summed E-state index contributed by atoms with van der Waals surface area (Å²) in [6.07, 6.45) is 0.360. The number of halogens is 3. The summed E-state index contributed by atoms with van der Waals surface area (Å²) in [4.78, 5) is 32.2. The average molecular weight is 506 g/mol. The smallest absolute Gasteiger partial charge is 0.433 e. The first-order valence-electron chi connectivity index (χ1n) is 12.6. The molecule has 1 aliphatic carbocycles. The number of piperazine rings is 1. The number of amides is 1. The van der Waals surface area contributed by atoms with Crippen LogP contribution in [-0.2, 0) is 15.7 Å². The van der Waals surface area contributed by atoms with Gasteiger partial charge < -0.3 is 9.64 Å². The number of Topliss-reactive ketones (excluding diaryl/α,β-unsaturated/α-hetero) is 1. The summed E-state index contributed by atoms with van der Waals surface area (Å²) < 4.78 is 44.3. The first-order chi connectivity index (χ1) is 17.0. The molecule has 0 saturated carbocycles. The molecular formula is C27H34F3N3O3. The van der Waals surface area contributed by atoms with E-state index in [-0.39, 0.29) is 41.9 Å². The monoisotopic (exact) mass is 505 g/mol. The normalized spacial score (nSPS) is 25.6. The Morgan fingerprint density at radius 3 is 2.53 bits per heavy atom. The fourth-order valence-electron chi connectivity index (χ4n) is 5.91. The summed E-state index contributed by atoms with van der Waals surface area (Å²) >= 11 is 0. The van der Waals surface area contributed by atoms with Gasteiger partial charge in [-0.3, -0.25) is 19.5 Å². The van der Waals surface area contributed by atoms with Crippen LogP contribution in [0.1, 0.15) is 69.4 Å². The molecular weight excluding hydrogens is 471 g/mol.